The maximum atomic E-state index is 10.2. The summed E-state index contributed by atoms with van der Waals surface area (Å²) in [4.78, 5) is 0. The van der Waals surface area contributed by atoms with E-state index in [1.807, 2.05) is 37.3 Å². The Bertz CT molecular complexity index is 634. The molecule has 0 saturated heterocycles. The molecular formula is C16H17BrClNO2. The van der Waals surface area contributed by atoms with E-state index in [4.69, 9.17) is 16.3 Å². The van der Waals surface area contributed by atoms with E-state index in [-0.39, 0.29) is 0 Å². The molecule has 0 bridgehead atoms. The lowest BCUT2D eigenvalue weighted by molar-refractivity contribution is 0.191. The monoisotopic (exact) mass is 369 g/mol. The first-order valence-corrected chi connectivity index (χ1v) is 7.70. The van der Waals surface area contributed by atoms with E-state index in [1.54, 1.807) is 13.2 Å². The van der Waals surface area contributed by atoms with E-state index >= 15 is 0 Å². The van der Waals surface area contributed by atoms with E-state index in [0.717, 1.165) is 21.3 Å². The Balaban J connectivity index is 2.11. The van der Waals surface area contributed by atoms with E-state index in [1.165, 1.54) is 0 Å². The lowest BCUT2D eigenvalue weighted by Gasteiger charge is -2.16. The molecule has 0 radical (unpaired) electrons. The van der Waals surface area contributed by atoms with Gasteiger partial charge in [-0.05, 0) is 36.2 Å². The Morgan fingerprint density at radius 1 is 1.33 bits per heavy atom. The first-order valence-electron chi connectivity index (χ1n) is 6.53. The van der Waals surface area contributed by atoms with Gasteiger partial charge in [-0.15, -0.1) is 0 Å². The van der Waals surface area contributed by atoms with Crippen LogP contribution < -0.4 is 10.1 Å². The number of aliphatic hydroxyl groups excluding tert-OH is 1. The molecule has 3 nitrogen and oxygen atoms in total. The molecule has 0 fully saturated rings. The number of methoxy groups -OCH3 is 1. The summed E-state index contributed by atoms with van der Waals surface area (Å²) in [5.74, 6) is 0.659. The Morgan fingerprint density at radius 3 is 2.76 bits per heavy atom. The molecule has 21 heavy (non-hydrogen) atoms. The van der Waals surface area contributed by atoms with Gasteiger partial charge in [0, 0.05) is 22.1 Å². The summed E-state index contributed by atoms with van der Waals surface area (Å²) in [6, 6.07) is 11.3. The summed E-state index contributed by atoms with van der Waals surface area (Å²) in [7, 11) is 1.59. The predicted octanol–water partition coefficient (Wildman–Crippen LogP) is 4.57. The summed E-state index contributed by atoms with van der Waals surface area (Å²) in [5, 5.41) is 14.1. The highest BCUT2D eigenvalue weighted by molar-refractivity contribution is 9.10. The van der Waals surface area contributed by atoms with Gasteiger partial charge in [-0.3, -0.25) is 0 Å². The molecule has 0 heterocycles. The summed E-state index contributed by atoms with van der Waals surface area (Å²) >= 11 is 9.48. The van der Waals surface area contributed by atoms with Crippen LogP contribution in [0.1, 0.15) is 17.2 Å². The maximum absolute atomic E-state index is 10.2. The smallest absolute Gasteiger partial charge is 0.143 e. The molecule has 0 aliphatic carbocycles. The highest BCUT2D eigenvalue weighted by atomic mass is 79.9. The van der Waals surface area contributed by atoms with E-state index in [0.29, 0.717) is 17.3 Å². The van der Waals surface area contributed by atoms with Crippen molar-refractivity contribution in [1.82, 2.24) is 0 Å². The summed E-state index contributed by atoms with van der Waals surface area (Å²) in [6.45, 7) is 2.31. The molecule has 2 aromatic carbocycles. The van der Waals surface area contributed by atoms with Gasteiger partial charge in [-0.2, -0.15) is 0 Å². The normalized spacial score (nSPS) is 12.0. The number of anilines is 1. The zero-order valence-corrected chi connectivity index (χ0v) is 14.2. The maximum Gasteiger partial charge on any atom is 0.143 e. The van der Waals surface area contributed by atoms with Crippen molar-refractivity contribution in [1.29, 1.82) is 0 Å². The molecule has 0 amide bonds. The van der Waals surface area contributed by atoms with Gasteiger partial charge in [0.2, 0.25) is 0 Å². The van der Waals surface area contributed by atoms with Crippen LogP contribution in [0.15, 0.2) is 40.9 Å². The number of benzene rings is 2. The molecule has 0 aliphatic heterocycles. The third-order valence-electron chi connectivity index (χ3n) is 3.20. The van der Waals surface area contributed by atoms with Gasteiger partial charge in [-0.1, -0.05) is 39.7 Å². The highest BCUT2D eigenvalue weighted by Crippen LogP contribution is 2.31. The molecule has 0 aliphatic rings. The first kappa shape index (κ1) is 16.1. The van der Waals surface area contributed by atoms with Gasteiger partial charge in [0.05, 0.1) is 18.9 Å². The van der Waals surface area contributed by atoms with E-state index in [2.05, 4.69) is 21.2 Å². The number of aliphatic hydroxyl groups is 1. The zero-order valence-electron chi connectivity index (χ0n) is 11.9. The van der Waals surface area contributed by atoms with Crippen LogP contribution in [0.5, 0.6) is 5.75 Å². The van der Waals surface area contributed by atoms with Crippen LogP contribution in [0.25, 0.3) is 0 Å². The first-order chi connectivity index (χ1) is 10.0. The summed E-state index contributed by atoms with van der Waals surface area (Å²) in [6.07, 6.45) is -0.608. The van der Waals surface area contributed by atoms with Crippen LogP contribution in [0, 0.1) is 6.92 Å². The topological polar surface area (TPSA) is 41.5 Å². The van der Waals surface area contributed by atoms with Crippen LogP contribution in [0.2, 0.25) is 5.02 Å². The Morgan fingerprint density at radius 2 is 2.10 bits per heavy atom. The number of hydrogen-bond acceptors (Lipinski definition) is 3. The molecule has 0 aromatic heterocycles. The van der Waals surface area contributed by atoms with Gasteiger partial charge in [0.1, 0.15) is 5.75 Å². The molecule has 2 N–H and O–H groups in total. The molecule has 1 atom stereocenters. The third kappa shape index (κ3) is 4.13. The van der Waals surface area contributed by atoms with Gasteiger partial charge in [-0.25, -0.2) is 0 Å². The lowest BCUT2D eigenvalue weighted by atomic mass is 10.1. The minimum atomic E-state index is -0.608. The van der Waals surface area contributed by atoms with Crippen molar-refractivity contribution >= 4 is 33.2 Å². The molecule has 2 aromatic rings. The number of ether oxygens (including phenoxy) is 1. The standard InChI is InChI=1S/C16H17BrClNO2/c1-10-6-14(16(21-2)8-13(10)18)19-9-15(20)11-4-3-5-12(17)7-11/h3-8,15,19-20H,9H2,1-2H3. The second-order valence-electron chi connectivity index (χ2n) is 4.75. The van der Waals surface area contributed by atoms with Gasteiger partial charge >= 0.3 is 0 Å². The number of nitrogens with one attached hydrogen (secondary N) is 1. The SMILES string of the molecule is COc1cc(Cl)c(C)cc1NCC(O)c1cccc(Br)c1. The van der Waals surface area contributed by atoms with Crippen LogP contribution in [0.3, 0.4) is 0 Å². The van der Waals surface area contributed by atoms with Crippen molar-refractivity contribution in [3.63, 3.8) is 0 Å². The fourth-order valence-electron chi connectivity index (χ4n) is 2.01. The van der Waals surface area contributed by atoms with Gasteiger partial charge in [0.25, 0.3) is 0 Å². The fraction of sp³-hybridized carbons (Fsp3) is 0.250. The molecule has 1 unspecified atom stereocenters. The van der Waals surface area contributed by atoms with Crippen LogP contribution >= 0.6 is 27.5 Å². The summed E-state index contributed by atoms with van der Waals surface area (Å²) < 4.78 is 6.25. The lowest BCUT2D eigenvalue weighted by Crippen LogP contribution is -2.13. The molecule has 0 spiro atoms. The van der Waals surface area contributed by atoms with Crippen LogP contribution in [-0.2, 0) is 0 Å². The molecule has 2 rings (SSSR count). The third-order valence-corrected chi connectivity index (χ3v) is 4.10. The van der Waals surface area contributed by atoms with Crippen LogP contribution in [-0.4, -0.2) is 18.8 Å². The van der Waals surface area contributed by atoms with E-state index < -0.39 is 6.10 Å². The Labute approximate surface area is 138 Å². The number of rotatable bonds is 5. The predicted molar refractivity (Wildman–Crippen MR) is 90.3 cm³/mol. The number of aryl methyl sites for hydroxylation is 1. The minimum Gasteiger partial charge on any atom is -0.495 e. The zero-order chi connectivity index (χ0) is 15.4. The number of halogens is 2. The number of hydrogen-bond donors (Lipinski definition) is 2. The molecule has 0 saturated carbocycles. The van der Waals surface area contributed by atoms with Gasteiger partial charge < -0.3 is 15.2 Å². The molecular weight excluding hydrogens is 354 g/mol. The van der Waals surface area contributed by atoms with E-state index in [9.17, 15) is 5.11 Å². The highest BCUT2D eigenvalue weighted by Gasteiger charge is 2.11. The second-order valence-corrected chi connectivity index (χ2v) is 6.08. The van der Waals surface area contributed by atoms with Crippen molar-refractivity contribution in [3.8, 4) is 5.75 Å². The van der Waals surface area contributed by atoms with Gasteiger partial charge in [0.15, 0.2) is 0 Å². The Kier molecular flexibility index (Phi) is 5.51. The molecule has 112 valence electrons. The van der Waals surface area contributed by atoms with Crippen molar-refractivity contribution < 1.29 is 9.84 Å². The minimum absolute atomic E-state index is 0.383. The second kappa shape index (κ2) is 7.16. The van der Waals surface area contributed by atoms with Crippen molar-refractivity contribution in [2.75, 3.05) is 19.0 Å². The van der Waals surface area contributed by atoms with Crippen molar-refractivity contribution in [2.24, 2.45) is 0 Å². The largest absolute Gasteiger partial charge is 0.495 e. The van der Waals surface area contributed by atoms with Crippen molar-refractivity contribution in [2.45, 2.75) is 13.0 Å². The fourth-order valence-corrected chi connectivity index (χ4v) is 2.58. The molecule has 5 heteroatoms. The Hall–Kier alpha value is -1.23. The quantitative estimate of drug-likeness (QED) is 0.810. The van der Waals surface area contributed by atoms with Crippen LogP contribution in [0.4, 0.5) is 5.69 Å². The average molecular weight is 371 g/mol. The summed E-state index contributed by atoms with van der Waals surface area (Å²) in [5.41, 5.74) is 2.62. The average Bonchev–Trinajstić information content (AvgIpc) is 2.47. The van der Waals surface area contributed by atoms with Crippen molar-refractivity contribution in [3.05, 3.63) is 57.0 Å².